The molecule has 0 atom stereocenters. The van der Waals surface area contributed by atoms with Gasteiger partial charge >= 0.3 is 0 Å². The molecule has 0 N–H and O–H groups in total. The van der Waals surface area contributed by atoms with Crippen molar-refractivity contribution in [1.82, 2.24) is 9.55 Å². The number of nitriles is 1. The lowest BCUT2D eigenvalue weighted by atomic mass is 10.0. The van der Waals surface area contributed by atoms with Gasteiger partial charge in [0.1, 0.15) is 17.1 Å². The third-order valence-corrected chi connectivity index (χ3v) is 6.36. The number of hydrogen-bond acceptors (Lipinski definition) is 4. The molecule has 0 spiro atoms. The summed E-state index contributed by atoms with van der Waals surface area (Å²) in [5.74, 6) is 0.746. The Balaban J connectivity index is 1.58. The summed E-state index contributed by atoms with van der Waals surface area (Å²) in [6.45, 7) is 14.7. The number of allylic oxidation sites excluding steroid dienone is 3. The molecule has 0 amide bonds. The third kappa shape index (κ3) is 3.50. The smallest absolute Gasteiger partial charge is 0.270 e. The Hall–Kier alpha value is -5.97. The lowest BCUT2D eigenvalue weighted by molar-refractivity contribution is 0.104. The Labute approximate surface area is 217 Å². The van der Waals surface area contributed by atoms with Gasteiger partial charge in [-0.25, -0.2) is 15.0 Å². The van der Waals surface area contributed by atoms with Gasteiger partial charge in [-0.3, -0.25) is 9.36 Å². The normalized spacial score (nSPS) is 14.7. The van der Waals surface area contributed by atoms with Crippen LogP contribution in [0.2, 0.25) is 0 Å². The highest BCUT2D eigenvalue weighted by Gasteiger charge is 2.32. The van der Waals surface area contributed by atoms with E-state index in [1.807, 2.05) is 59.2 Å². The molecule has 0 saturated heterocycles. The number of imidazole rings is 1. The van der Waals surface area contributed by atoms with Gasteiger partial charge in [0.2, 0.25) is 5.71 Å². The van der Waals surface area contributed by atoms with Crippen molar-refractivity contribution in [2.45, 2.75) is 0 Å². The summed E-state index contributed by atoms with van der Waals surface area (Å²) >= 11 is 0. The predicted octanol–water partition coefficient (Wildman–Crippen LogP) is 7.27. The van der Waals surface area contributed by atoms with Crippen LogP contribution in [0.4, 0.5) is 5.69 Å². The van der Waals surface area contributed by atoms with Crippen molar-refractivity contribution < 1.29 is 9.21 Å². The summed E-state index contributed by atoms with van der Waals surface area (Å²) in [5.41, 5.74) is 4.58. The number of rotatable bonds is 3. The Morgan fingerprint density at radius 2 is 1.68 bits per heavy atom. The highest BCUT2D eigenvalue weighted by atomic mass is 16.3. The van der Waals surface area contributed by atoms with Gasteiger partial charge in [0.15, 0.2) is 11.5 Å². The largest absolute Gasteiger partial charge is 0.436 e. The maximum atomic E-state index is 13.4. The molecule has 0 aliphatic heterocycles. The van der Waals surface area contributed by atoms with Crippen LogP contribution in [-0.4, -0.2) is 15.3 Å². The lowest BCUT2D eigenvalue weighted by Crippen LogP contribution is -2.00. The minimum absolute atomic E-state index is 0.152. The number of aromatic nitrogens is 2. The summed E-state index contributed by atoms with van der Waals surface area (Å²) < 4.78 is 7.98. The molecule has 5 aromatic rings. The van der Waals surface area contributed by atoms with E-state index >= 15 is 0 Å². The van der Waals surface area contributed by atoms with Crippen molar-refractivity contribution in [2.24, 2.45) is 0 Å². The summed E-state index contributed by atoms with van der Waals surface area (Å²) in [6.07, 6.45) is 1.62. The van der Waals surface area contributed by atoms with Crippen LogP contribution in [0.15, 0.2) is 101 Å². The highest BCUT2D eigenvalue weighted by Crippen LogP contribution is 2.41. The molecule has 7 heteroatoms. The van der Waals surface area contributed by atoms with Gasteiger partial charge in [0.25, 0.3) is 5.70 Å². The lowest BCUT2D eigenvalue weighted by Gasteiger charge is -2.07. The molecule has 3 aromatic carbocycles. The van der Waals surface area contributed by atoms with Crippen LogP contribution in [0, 0.1) is 24.5 Å². The average Bonchev–Trinajstić information content (AvgIpc) is 3.60. The first-order chi connectivity index (χ1) is 18.6. The van der Waals surface area contributed by atoms with E-state index in [4.69, 9.17) is 22.5 Å². The number of fused-ring (bicyclic) bond motifs is 2. The quantitative estimate of drug-likeness (QED) is 0.152. The van der Waals surface area contributed by atoms with Crippen LogP contribution in [-0.2, 0) is 0 Å². The molecular weight excluding hydrogens is 474 g/mol. The molecule has 38 heavy (non-hydrogen) atoms. The molecule has 1 aliphatic rings. The summed E-state index contributed by atoms with van der Waals surface area (Å²) in [4.78, 5) is 25.0. The second-order valence-electron chi connectivity index (χ2n) is 8.48. The van der Waals surface area contributed by atoms with Gasteiger partial charge in [-0.2, -0.15) is 4.98 Å². The van der Waals surface area contributed by atoms with Crippen molar-refractivity contribution >= 4 is 34.3 Å². The number of Topliss-reactive ketones (excluding diaryl/α,β-unsaturated/α-hetero) is 1. The van der Waals surface area contributed by atoms with E-state index in [2.05, 4.69) is 9.69 Å². The van der Waals surface area contributed by atoms with Crippen LogP contribution >= 0.6 is 0 Å². The molecule has 2 heterocycles. The van der Waals surface area contributed by atoms with E-state index < -0.39 is 0 Å². The van der Waals surface area contributed by atoms with Crippen LogP contribution in [0.25, 0.3) is 49.6 Å². The Morgan fingerprint density at radius 3 is 2.37 bits per heavy atom. The average molecular weight is 489 g/mol. The number of furan rings is 1. The van der Waals surface area contributed by atoms with Gasteiger partial charge in [-0.05, 0) is 23.8 Å². The van der Waals surface area contributed by atoms with E-state index in [9.17, 15) is 10.1 Å². The van der Waals surface area contributed by atoms with Crippen LogP contribution in [0.3, 0.4) is 0 Å². The fourth-order valence-corrected chi connectivity index (χ4v) is 4.64. The zero-order valence-corrected chi connectivity index (χ0v) is 19.7. The molecule has 0 radical (unpaired) electrons. The fraction of sp³-hybridized carbons (Fsp3) is 0. The number of benzene rings is 3. The van der Waals surface area contributed by atoms with Gasteiger partial charge in [-0.1, -0.05) is 66.7 Å². The zero-order chi connectivity index (χ0) is 26.2. The van der Waals surface area contributed by atoms with E-state index in [0.717, 1.165) is 11.3 Å². The first-order valence-corrected chi connectivity index (χ1v) is 11.6. The van der Waals surface area contributed by atoms with Crippen LogP contribution < -0.4 is 0 Å². The predicted molar refractivity (Wildman–Crippen MR) is 143 cm³/mol. The van der Waals surface area contributed by atoms with Crippen LogP contribution in [0.1, 0.15) is 21.7 Å². The Morgan fingerprint density at radius 1 is 0.974 bits per heavy atom. The fourth-order valence-electron chi connectivity index (χ4n) is 4.64. The van der Waals surface area contributed by atoms with E-state index in [-0.39, 0.29) is 17.1 Å². The highest BCUT2D eigenvalue weighted by molar-refractivity contribution is 6.29. The number of carbonyl (C=O) groups excluding carboxylic acids is 1. The Bertz CT molecular complexity index is 1940. The monoisotopic (exact) mass is 489 g/mol. The molecule has 6 rings (SSSR count). The number of carbonyl (C=O) groups is 1. The van der Waals surface area contributed by atoms with Gasteiger partial charge in [0.05, 0.1) is 19.2 Å². The molecule has 7 nitrogen and oxygen atoms in total. The number of para-hydroxylation sites is 1. The molecule has 2 aromatic heterocycles. The summed E-state index contributed by atoms with van der Waals surface area (Å²) in [5, 5.41) is 9.66. The standard InChI is InChI=1S/C31H15N5O2/c1-33-20-14-12-19(13-15-20)27-17-26-31(38-27)35-28(36(26)21-8-4-3-5-9-21)16-24-29(25(18-32)34-2)22-10-6-7-11-23(22)30(24)37/h3-17H/b24-16-,29-25-. The first kappa shape index (κ1) is 22.5. The van der Waals surface area contributed by atoms with Crippen molar-refractivity contribution in [3.05, 3.63) is 136 Å². The molecule has 176 valence electrons. The first-order valence-electron chi connectivity index (χ1n) is 11.6. The molecule has 0 bridgehead atoms. The topological polar surface area (TPSA) is 80.5 Å². The third-order valence-electron chi connectivity index (χ3n) is 6.36. The molecule has 0 fully saturated rings. The minimum atomic E-state index is -0.271. The van der Waals surface area contributed by atoms with E-state index in [1.165, 1.54) is 0 Å². The number of ketones is 1. The van der Waals surface area contributed by atoms with Gasteiger partial charge in [0, 0.05) is 34.0 Å². The van der Waals surface area contributed by atoms with E-state index in [0.29, 0.717) is 45.2 Å². The van der Waals surface area contributed by atoms with Crippen LogP contribution in [0.5, 0.6) is 0 Å². The van der Waals surface area contributed by atoms with Gasteiger partial charge in [-0.15, -0.1) is 0 Å². The van der Waals surface area contributed by atoms with Crippen molar-refractivity contribution in [1.29, 1.82) is 5.26 Å². The van der Waals surface area contributed by atoms with Crippen molar-refractivity contribution in [3.8, 4) is 23.1 Å². The molecule has 0 saturated carbocycles. The molecule has 1 aliphatic carbocycles. The summed E-state index contributed by atoms with van der Waals surface area (Å²) in [6, 6.07) is 27.4. The summed E-state index contributed by atoms with van der Waals surface area (Å²) in [7, 11) is 0. The minimum Gasteiger partial charge on any atom is -0.436 e. The van der Waals surface area contributed by atoms with Gasteiger partial charge < -0.3 is 4.42 Å². The SMILES string of the molecule is [C-]#[N+]/C(C#N)=C1\C(=C\c2nc3oc(-c4ccc([N+]#[C-])cc4)cc3n2-c2ccccc2)C(=O)c2ccccc21. The maximum Gasteiger partial charge on any atom is 0.270 e. The maximum absolute atomic E-state index is 13.4. The second-order valence-corrected chi connectivity index (χ2v) is 8.48. The Kier molecular flexibility index (Phi) is 5.28. The van der Waals surface area contributed by atoms with Crippen molar-refractivity contribution in [3.63, 3.8) is 0 Å². The molecular formula is C31H15N5O2. The van der Waals surface area contributed by atoms with E-state index in [1.54, 1.807) is 42.5 Å². The zero-order valence-electron chi connectivity index (χ0n) is 19.7. The second kappa shape index (κ2) is 8.91. The number of nitrogens with zero attached hydrogens (tertiary/aromatic N) is 5. The number of hydrogen-bond donors (Lipinski definition) is 0. The van der Waals surface area contributed by atoms with Crippen molar-refractivity contribution in [2.75, 3.05) is 0 Å². The molecule has 0 unspecified atom stereocenters.